The van der Waals surface area contributed by atoms with E-state index in [4.69, 9.17) is 23.2 Å². The highest BCUT2D eigenvalue weighted by Crippen LogP contribution is 2.24. The number of carbonyl (C=O) groups is 2. The lowest BCUT2D eigenvalue weighted by molar-refractivity contribution is -0.139. The van der Waals surface area contributed by atoms with Gasteiger partial charge in [0.25, 0.3) is 0 Å². The molecule has 0 aliphatic rings. The molecule has 7 nitrogen and oxygen atoms in total. The molecule has 1 atom stereocenters. The largest absolute Gasteiger partial charge is 0.354 e. The standard InChI is InChI=1S/C24H31Cl2N3O4S/c1-5-6-13-27-24(31)18(3)28(15-19-9-12-21(25)22(26)14-19)23(30)16-29(34(4,32)33)20-10-7-17(2)8-11-20/h7-12,14,18H,5-6,13,15-16H2,1-4H3,(H,27,31)/t18-/m0/s1. The van der Waals surface area contributed by atoms with Crippen molar-refractivity contribution in [1.29, 1.82) is 0 Å². The van der Waals surface area contributed by atoms with E-state index in [1.807, 2.05) is 13.8 Å². The summed E-state index contributed by atoms with van der Waals surface area (Å²) in [6, 6.07) is 11.0. The van der Waals surface area contributed by atoms with Crippen molar-refractivity contribution in [1.82, 2.24) is 10.2 Å². The summed E-state index contributed by atoms with van der Waals surface area (Å²) in [7, 11) is -3.76. The number of amides is 2. The normalized spacial score (nSPS) is 12.2. The van der Waals surface area contributed by atoms with E-state index in [1.165, 1.54) is 4.90 Å². The summed E-state index contributed by atoms with van der Waals surface area (Å²) in [4.78, 5) is 27.6. The van der Waals surface area contributed by atoms with Crippen LogP contribution in [0.15, 0.2) is 42.5 Å². The van der Waals surface area contributed by atoms with Crippen LogP contribution in [-0.4, -0.2) is 50.5 Å². The summed E-state index contributed by atoms with van der Waals surface area (Å²) in [6.07, 6.45) is 2.78. The fourth-order valence-corrected chi connectivity index (χ4v) is 4.45. The van der Waals surface area contributed by atoms with Crippen LogP contribution in [0.3, 0.4) is 0 Å². The molecule has 2 amide bonds. The maximum absolute atomic E-state index is 13.5. The minimum absolute atomic E-state index is 0.0591. The van der Waals surface area contributed by atoms with Crippen molar-refractivity contribution in [2.24, 2.45) is 0 Å². The zero-order valence-electron chi connectivity index (χ0n) is 19.8. The first kappa shape index (κ1) is 28.0. The molecule has 34 heavy (non-hydrogen) atoms. The average molecular weight is 529 g/mol. The molecule has 0 saturated heterocycles. The molecule has 186 valence electrons. The predicted octanol–water partition coefficient (Wildman–Crippen LogP) is 4.40. The molecule has 0 aliphatic carbocycles. The third-order valence-corrected chi connectivity index (χ3v) is 7.21. The van der Waals surface area contributed by atoms with Gasteiger partial charge in [-0.3, -0.25) is 13.9 Å². The van der Waals surface area contributed by atoms with E-state index >= 15 is 0 Å². The molecular formula is C24H31Cl2N3O4S. The van der Waals surface area contributed by atoms with Crippen LogP contribution < -0.4 is 9.62 Å². The molecule has 0 saturated carbocycles. The van der Waals surface area contributed by atoms with Gasteiger partial charge in [-0.1, -0.05) is 60.3 Å². The van der Waals surface area contributed by atoms with Gasteiger partial charge in [0, 0.05) is 13.1 Å². The van der Waals surface area contributed by atoms with Crippen molar-refractivity contribution in [2.45, 2.75) is 46.2 Å². The molecule has 2 aromatic carbocycles. The molecule has 0 unspecified atom stereocenters. The number of carbonyl (C=O) groups excluding carboxylic acids is 2. The average Bonchev–Trinajstić information content (AvgIpc) is 2.77. The van der Waals surface area contributed by atoms with Gasteiger partial charge in [-0.25, -0.2) is 8.42 Å². The minimum atomic E-state index is -3.76. The summed E-state index contributed by atoms with van der Waals surface area (Å²) in [6.45, 7) is 5.62. The number of hydrogen-bond donors (Lipinski definition) is 1. The van der Waals surface area contributed by atoms with Crippen LogP contribution in [0.5, 0.6) is 0 Å². The van der Waals surface area contributed by atoms with Crippen molar-refractivity contribution in [3.8, 4) is 0 Å². The van der Waals surface area contributed by atoms with Crippen LogP contribution in [0, 0.1) is 6.92 Å². The quantitative estimate of drug-likeness (QED) is 0.438. The molecule has 0 heterocycles. The highest BCUT2D eigenvalue weighted by Gasteiger charge is 2.30. The number of nitrogens with zero attached hydrogens (tertiary/aromatic N) is 2. The third kappa shape index (κ3) is 7.89. The molecule has 2 rings (SSSR count). The lowest BCUT2D eigenvalue weighted by atomic mass is 10.1. The van der Waals surface area contributed by atoms with Gasteiger partial charge in [-0.05, 0) is 50.1 Å². The summed E-state index contributed by atoms with van der Waals surface area (Å²) in [5.41, 5.74) is 2.00. The molecule has 0 radical (unpaired) electrons. The first-order valence-electron chi connectivity index (χ1n) is 11.0. The van der Waals surface area contributed by atoms with E-state index in [1.54, 1.807) is 49.4 Å². The Morgan fingerprint density at radius 3 is 2.26 bits per heavy atom. The van der Waals surface area contributed by atoms with Crippen LogP contribution in [-0.2, 0) is 26.2 Å². The second-order valence-electron chi connectivity index (χ2n) is 8.20. The van der Waals surface area contributed by atoms with Crippen molar-refractivity contribution < 1.29 is 18.0 Å². The third-order valence-electron chi connectivity index (χ3n) is 5.33. The molecule has 10 heteroatoms. The van der Waals surface area contributed by atoms with Crippen molar-refractivity contribution in [3.05, 3.63) is 63.6 Å². The van der Waals surface area contributed by atoms with E-state index in [2.05, 4.69) is 5.32 Å². The number of aryl methyl sites for hydroxylation is 1. The first-order chi connectivity index (χ1) is 15.9. The van der Waals surface area contributed by atoms with E-state index < -0.39 is 28.5 Å². The molecular weight excluding hydrogens is 497 g/mol. The Morgan fingerprint density at radius 1 is 1.06 bits per heavy atom. The highest BCUT2D eigenvalue weighted by molar-refractivity contribution is 7.92. The van der Waals surface area contributed by atoms with Gasteiger partial charge in [0.15, 0.2) is 0 Å². The van der Waals surface area contributed by atoms with Gasteiger partial charge >= 0.3 is 0 Å². The van der Waals surface area contributed by atoms with Crippen LogP contribution >= 0.6 is 23.2 Å². The number of rotatable bonds is 11. The van der Waals surface area contributed by atoms with Gasteiger partial charge in [0.05, 0.1) is 22.0 Å². The van der Waals surface area contributed by atoms with Gasteiger partial charge < -0.3 is 10.2 Å². The summed E-state index contributed by atoms with van der Waals surface area (Å²) in [5, 5.41) is 3.53. The fourth-order valence-electron chi connectivity index (χ4n) is 3.28. The van der Waals surface area contributed by atoms with Crippen LogP contribution in [0.1, 0.15) is 37.8 Å². The molecule has 0 aliphatic heterocycles. The Morgan fingerprint density at radius 2 is 1.71 bits per heavy atom. The maximum atomic E-state index is 13.5. The van der Waals surface area contributed by atoms with Gasteiger partial charge in [0.2, 0.25) is 21.8 Å². The second kappa shape index (κ2) is 12.4. The fraction of sp³-hybridized carbons (Fsp3) is 0.417. The Balaban J connectivity index is 2.36. The molecule has 0 fully saturated rings. The number of halogens is 2. The maximum Gasteiger partial charge on any atom is 0.244 e. The lowest BCUT2D eigenvalue weighted by Crippen LogP contribution is -2.51. The summed E-state index contributed by atoms with van der Waals surface area (Å²) < 4.78 is 26.1. The number of unbranched alkanes of at least 4 members (excludes halogenated alkanes) is 1. The first-order valence-corrected chi connectivity index (χ1v) is 13.6. The SMILES string of the molecule is CCCCNC(=O)[C@H](C)N(Cc1ccc(Cl)c(Cl)c1)C(=O)CN(c1ccc(C)cc1)S(C)(=O)=O. The number of nitrogens with one attached hydrogen (secondary N) is 1. The van der Waals surface area contributed by atoms with Crippen LogP contribution in [0.4, 0.5) is 5.69 Å². The van der Waals surface area contributed by atoms with E-state index in [0.29, 0.717) is 27.8 Å². The number of benzene rings is 2. The number of sulfonamides is 1. The van der Waals surface area contributed by atoms with Crippen LogP contribution in [0.2, 0.25) is 10.0 Å². The topological polar surface area (TPSA) is 86.8 Å². The van der Waals surface area contributed by atoms with Crippen molar-refractivity contribution in [3.63, 3.8) is 0 Å². The highest BCUT2D eigenvalue weighted by atomic mass is 35.5. The number of anilines is 1. The van der Waals surface area contributed by atoms with Gasteiger partial charge in [0.1, 0.15) is 12.6 Å². The van der Waals surface area contributed by atoms with E-state index in [-0.39, 0.29) is 12.5 Å². The Kier molecular flexibility index (Phi) is 10.2. The Bertz CT molecular complexity index is 1110. The second-order valence-corrected chi connectivity index (χ2v) is 10.9. The monoisotopic (exact) mass is 527 g/mol. The lowest BCUT2D eigenvalue weighted by Gasteiger charge is -2.31. The summed E-state index contributed by atoms with van der Waals surface area (Å²) >= 11 is 12.1. The smallest absolute Gasteiger partial charge is 0.244 e. The zero-order valence-corrected chi connectivity index (χ0v) is 22.2. The molecule has 0 aromatic heterocycles. The van der Waals surface area contributed by atoms with Crippen molar-refractivity contribution >= 4 is 50.7 Å². The number of hydrogen-bond acceptors (Lipinski definition) is 4. The molecule has 1 N–H and O–H groups in total. The van der Waals surface area contributed by atoms with Gasteiger partial charge in [-0.15, -0.1) is 0 Å². The minimum Gasteiger partial charge on any atom is -0.354 e. The van der Waals surface area contributed by atoms with Gasteiger partial charge in [-0.2, -0.15) is 0 Å². The molecule has 2 aromatic rings. The van der Waals surface area contributed by atoms with E-state index in [9.17, 15) is 18.0 Å². The van der Waals surface area contributed by atoms with E-state index in [0.717, 1.165) is 29.0 Å². The van der Waals surface area contributed by atoms with Crippen LogP contribution in [0.25, 0.3) is 0 Å². The molecule has 0 spiro atoms. The predicted molar refractivity (Wildman–Crippen MR) is 138 cm³/mol. The summed E-state index contributed by atoms with van der Waals surface area (Å²) in [5.74, 6) is -0.835. The zero-order chi connectivity index (χ0) is 25.5. The van der Waals surface area contributed by atoms with Crippen molar-refractivity contribution in [2.75, 3.05) is 23.7 Å². The Labute approximate surface area is 212 Å². The Hall–Kier alpha value is -2.29. The molecule has 0 bridgehead atoms.